The molecule has 0 aliphatic carbocycles. The number of hydrogen-bond donors (Lipinski definition) is 0. The second-order valence-electron chi connectivity index (χ2n) is 3.54. The Morgan fingerprint density at radius 2 is 2.27 bits per heavy atom. The first-order valence-electron chi connectivity index (χ1n) is 4.76. The average molecular weight is 290 g/mol. The zero-order valence-corrected chi connectivity index (χ0v) is 10.3. The average Bonchev–Trinajstić information content (AvgIpc) is 2.66. The van der Waals surface area contributed by atoms with E-state index in [4.69, 9.17) is 16.3 Å². The molecule has 0 bridgehead atoms. The van der Waals surface area contributed by atoms with Crippen LogP contribution in [0.4, 0.5) is 0 Å². The standard InChI is InChI=1S/C11H10BrClO2/c12-7-1-3-9(10(13)5-7)11-4-2-8(6-14)15-11/h1,3,5-6,8,11H,2,4H2. The maximum absolute atomic E-state index is 10.6. The number of hydrogen-bond acceptors (Lipinski definition) is 2. The summed E-state index contributed by atoms with van der Waals surface area (Å²) in [6, 6.07) is 5.71. The molecule has 1 heterocycles. The highest BCUT2D eigenvalue weighted by Crippen LogP contribution is 2.36. The second-order valence-corrected chi connectivity index (χ2v) is 4.87. The van der Waals surface area contributed by atoms with E-state index >= 15 is 0 Å². The van der Waals surface area contributed by atoms with Crippen molar-refractivity contribution < 1.29 is 9.53 Å². The van der Waals surface area contributed by atoms with Gasteiger partial charge in [0.2, 0.25) is 0 Å². The Labute approximate surface area is 102 Å². The molecule has 0 aromatic heterocycles. The molecule has 0 radical (unpaired) electrons. The molecular weight excluding hydrogens is 279 g/mol. The van der Waals surface area contributed by atoms with Gasteiger partial charge in [-0.3, -0.25) is 0 Å². The smallest absolute Gasteiger partial charge is 0.148 e. The quantitative estimate of drug-likeness (QED) is 0.779. The largest absolute Gasteiger partial charge is 0.363 e. The van der Waals surface area contributed by atoms with Crippen LogP contribution in [0.2, 0.25) is 5.02 Å². The van der Waals surface area contributed by atoms with E-state index in [9.17, 15) is 4.79 Å². The highest BCUT2D eigenvalue weighted by Gasteiger charge is 2.27. The summed E-state index contributed by atoms with van der Waals surface area (Å²) in [6.45, 7) is 0. The fraction of sp³-hybridized carbons (Fsp3) is 0.364. The highest BCUT2D eigenvalue weighted by atomic mass is 79.9. The van der Waals surface area contributed by atoms with Gasteiger partial charge in [0.1, 0.15) is 12.4 Å². The third-order valence-electron chi connectivity index (χ3n) is 2.51. The van der Waals surface area contributed by atoms with Crippen molar-refractivity contribution >= 4 is 33.8 Å². The van der Waals surface area contributed by atoms with E-state index in [1.807, 2.05) is 18.2 Å². The van der Waals surface area contributed by atoms with Gasteiger partial charge in [0.15, 0.2) is 0 Å². The summed E-state index contributed by atoms with van der Waals surface area (Å²) in [5.41, 5.74) is 0.962. The molecule has 2 unspecified atom stereocenters. The van der Waals surface area contributed by atoms with Crippen molar-refractivity contribution in [3.63, 3.8) is 0 Å². The topological polar surface area (TPSA) is 26.3 Å². The Hall–Kier alpha value is -0.380. The van der Waals surface area contributed by atoms with E-state index < -0.39 is 0 Å². The van der Waals surface area contributed by atoms with Gasteiger partial charge in [-0.25, -0.2) is 0 Å². The van der Waals surface area contributed by atoms with Crippen molar-refractivity contribution in [2.75, 3.05) is 0 Å². The molecule has 1 aliphatic rings. The third-order valence-corrected chi connectivity index (χ3v) is 3.33. The van der Waals surface area contributed by atoms with E-state index in [1.165, 1.54) is 0 Å². The Morgan fingerprint density at radius 3 is 2.87 bits per heavy atom. The number of ether oxygens (including phenoxy) is 1. The summed E-state index contributed by atoms with van der Waals surface area (Å²) in [7, 11) is 0. The van der Waals surface area contributed by atoms with Crippen molar-refractivity contribution in [1.29, 1.82) is 0 Å². The maximum atomic E-state index is 10.6. The first-order chi connectivity index (χ1) is 7.20. The van der Waals surface area contributed by atoms with Gasteiger partial charge in [-0.15, -0.1) is 0 Å². The van der Waals surface area contributed by atoms with E-state index in [0.717, 1.165) is 29.2 Å². The van der Waals surface area contributed by atoms with Gasteiger partial charge in [-0.05, 0) is 30.5 Å². The molecule has 4 heteroatoms. The van der Waals surface area contributed by atoms with E-state index in [0.29, 0.717) is 5.02 Å². The van der Waals surface area contributed by atoms with Crippen LogP contribution in [0.3, 0.4) is 0 Å². The molecule has 1 aromatic carbocycles. The van der Waals surface area contributed by atoms with E-state index in [-0.39, 0.29) is 12.2 Å². The molecule has 0 saturated carbocycles. The number of aldehydes is 1. The lowest BCUT2D eigenvalue weighted by Gasteiger charge is -2.12. The molecule has 2 nitrogen and oxygen atoms in total. The zero-order valence-electron chi connectivity index (χ0n) is 7.95. The first kappa shape index (κ1) is 11.1. The molecule has 1 aromatic rings. The van der Waals surface area contributed by atoms with Crippen molar-refractivity contribution in [3.8, 4) is 0 Å². The minimum atomic E-state index is -0.269. The van der Waals surface area contributed by atoms with Crippen LogP contribution < -0.4 is 0 Å². The van der Waals surface area contributed by atoms with Gasteiger partial charge < -0.3 is 9.53 Å². The lowest BCUT2D eigenvalue weighted by atomic mass is 10.1. The van der Waals surface area contributed by atoms with Crippen molar-refractivity contribution in [1.82, 2.24) is 0 Å². The Balaban J connectivity index is 2.20. The van der Waals surface area contributed by atoms with E-state index in [1.54, 1.807) is 0 Å². The molecule has 1 saturated heterocycles. The summed E-state index contributed by atoms with van der Waals surface area (Å²) in [4.78, 5) is 10.6. The van der Waals surface area contributed by atoms with Crippen molar-refractivity contribution in [2.45, 2.75) is 25.0 Å². The molecule has 80 valence electrons. The number of halogens is 2. The summed E-state index contributed by atoms with van der Waals surface area (Å²) >= 11 is 9.45. The summed E-state index contributed by atoms with van der Waals surface area (Å²) in [5.74, 6) is 0. The first-order valence-corrected chi connectivity index (χ1v) is 5.93. The zero-order chi connectivity index (χ0) is 10.8. The van der Waals surface area contributed by atoms with Crippen LogP contribution in [0.5, 0.6) is 0 Å². The molecule has 2 rings (SSSR count). The fourth-order valence-corrected chi connectivity index (χ4v) is 2.55. The fourth-order valence-electron chi connectivity index (χ4n) is 1.75. The summed E-state index contributed by atoms with van der Waals surface area (Å²) in [6.07, 6.45) is 2.17. The molecule has 1 aliphatic heterocycles. The van der Waals surface area contributed by atoms with Crippen molar-refractivity contribution in [3.05, 3.63) is 33.3 Å². The predicted molar refractivity (Wildman–Crippen MR) is 62.1 cm³/mol. The Kier molecular flexibility index (Phi) is 3.44. The number of rotatable bonds is 2. The van der Waals surface area contributed by atoms with Gasteiger partial charge in [0.25, 0.3) is 0 Å². The van der Waals surface area contributed by atoms with Gasteiger partial charge in [0.05, 0.1) is 6.10 Å². The minimum absolute atomic E-state index is 0.0409. The maximum Gasteiger partial charge on any atom is 0.148 e. The minimum Gasteiger partial charge on any atom is -0.363 e. The lowest BCUT2D eigenvalue weighted by Crippen LogP contribution is -2.07. The van der Waals surface area contributed by atoms with Crippen LogP contribution in [-0.2, 0) is 9.53 Å². The predicted octanol–water partition coefficient (Wildman–Crippen LogP) is 3.52. The van der Waals surface area contributed by atoms with Gasteiger partial charge in [-0.1, -0.05) is 33.6 Å². The number of carbonyl (C=O) groups is 1. The summed E-state index contributed by atoms with van der Waals surface area (Å²) in [5, 5.41) is 0.681. The SMILES string of the molecule is O=CC1CCC(c2ccc(Br)cc2Cl)O1. The van der Waals surface area contributed by atoms with Gasteiger partial charge in [0, 0.05) is 9.50 Å². The monoisotopic (exact) mass is 288 g/mol. The number of carbonyl (C=O) groups excluding carboxylic acids is 1. The van der Waals surface area contributed by atoms with Gasteiger partial charge >= 0.3 is 0 Å². The normalized spacial score (nSPS) is 25.5. The van der Waals surface area contributed by atoms with Crippen molar-refractivity contribution in [2.24, 2.45) is 0 Å². The third kappa shape index (κ3) is 2.41. The van der Waals surface area contributed by atoms with Gasteiger partial charge in [-0.2, -0.15) is 0 Å². The molecule has 2 atom stereocenters. The molecule has 0 spiro atoms. The Morgan fingerprint density at radius 1 is 1.47 bits per heavy atom. The lowest BCUT2D eigenvalue weighted by molar-refractivity contribution is -0.117. The molecule has 0 amide bonds. The van der Waals surface area contributed by atoms with Crippen LogP contribution in [0, 0.1) is 0 Å². The molecule has 0 N–H and O–H groups in total. The molecule has 15 heavy (non-hydrogen) atoms. The van der Waals surface area contributed by atoms with E-state index in [2.05, 4.69) is 15.9 Å². The molecule has 1 fully saturated rings. The van der Waals surface area contributed by atoms with Crippen LogP contribution in [-0.4, -0.2) is 12.4 Å². The Bertz CT molecular complexity index is 381. The van der Waals surface area contributed by atoms with Crippen LogP contribution >= 0.6 is 27.5 Å². The number of benzene rings is 1. The highest BCUT2D eigenvalue weighted by molar-refractivity contribution is 9.10. The summed E-state index contributed by atoms with van der Waals surface area (Å²) < 4.78 is 6.50. The second kappa shape index (κ2) is 4.64. The van der Waals surface area contributed by atoms with Crippen LogP contribution in [0.15, 0.2) is 22.7 Å². The van der Waals surface area contributed by atoms with Crippen LogP contribution in [0.25, 0.3) is 0 Å². The molecular formula is C11H10BrClO2. The van der Waals surface area contributed by atoms with Crippen LogP contribution in [0.1, 0.15) is 24.5 Å².